The fourth-order valence-corrected chi connectivity index (χ4v) is 2.35. The van der Waals surface area contributed by atoms with E-state index in [1.165, 1.54) is 12.8 Å². The monoisotopic (exact) mass is 261 g/mol. The minimum atomic E-state index is 0.0447. The maximum Gasteiger partial charge on any atom is 0.251 e. The van der Waals surface area contributed by atoms with E-state index in [2.05, 4.69) is 5.32 Å². The fraction of sp³-hybridized carbons (Fsp3) is 0.562. The van der Waals surface area contributed by atoms with Crippen LogP contribution in [0.15, 0.2) is 24.3 Å². The number of nitrogens with one attached hydrogen (secondary N) is 1. The predicted molar refractivity (Wildman–Crippen MR) is 76.1 cm³/mol. The van der Waals surface area contributed by atoms with E-state index in [1.54, 1.807) is 0 Å². The van der Waals surface area contributed by atoms with Crippen LogP contribution in [0, 0.1) is 0 Å². The number of ether oxygens (including phenoxy) is 1. The molecule has 1 N–H and O–H groups in total. The molecule has 1 aliphatic rings. The van der Waals surface area contributed by atoms with Gasteiger partial charge in [-0.1, -0.05) is 25.0 Å². The molecule has 3 heteroatoms. The summed E-state index contributed by atoms with van der Waals surface area (Å²) in [6.45, 7) is 4.63. The van der Waals surface area contributed by atoms with Crippen molar-refractivity contribution in [1.29, 1.82) is 0 Å². The number of rotatable bonds is 5. The van der Waals surface area contributed by atoms with Crippen LogP contribution in [-0.4, -0.2) is 18.1 Å². The van der Waals surface area contributed by atoms with Crippen molar-refractivity contribution in [3.05, 3.63) is 35.4 Å². The second kappa shape index (κ2) is 6.71. The summed E-state index contributed by atoms with van der Waals surface area (Å²) in [7, 11) is 0. The van der Waals surface area contributed by atoms with Gasteiger partial charge in [-0.3, -0.25) is 4.79 Å². The van der Waals surface area contributed by atoms with Crippen LogP contribution in [0.1, 0.15) is 55.5 Å². The Morgan fingerprint density at radius 3 is 2.47 bits per heavy atom. The first kappa shape index (κ1) is 14.1. The van der Waals surface area contributed by atoms with Crippen LogP contribution in [-0.2, 0) is 11.3 Å². The van der Waals surface area contributed by atoms with Gasteiger partial charge in [-0.15, -0.1) is 0 Å². The third kappa shape index (κ3) is 4.35. The Morgan fingerprint density at radius 2 is 1.89 bits per heavy atom. The number of hydrogen-bond acceptors (Lipinski definition) is 2. The van der Waals surface area contributed by atoms with E-state index in [-0.39, 0.29) is 12.0 Å². The summed E-state index contributed by atoms with van der Waals surface area (Å²) in [4.78, 5) is 12.0. The first-order chi connectivity index (χ1) is 9.15. The zero-order valence-electron chi connectivity index (χ0n) is 11.8. The second-order valence-electron chi connectivity index (χ2n) is 5.51. The molecule has 0 bridgehead atoms. The molecule has 0 saturated heterocycles. The van der Waals surface area contributed by atoms with Gasteiger partial charge in [0.1, 0.15) is 0 Å². The van der Waals surface area contributed by atoms with Crippen LogP contribution in [0.2, 0.25) is 0 Å². The zero-order chi connectivity index (χ0) is 13.7. The quantitative estimate of drug-likeness (QED) is 0.883. The van der Waals surface area contributed by atoms with Crippen molar-refractivity contribution < 1.29 is 9.53 Å². The van der Waals surface area contributed by atoms with Crippen LogP contribution in [0.4, 0.5) is 0 Å². The van der Waals surface area contributed by atoms with Crippen LogP contribution in [0.5, 0.6) is 0 Å². The topological polar surface area (TPSA) is 38.3 Å². The summed E-state index contributed by atoms with van der Waals surface area (Å²) in [6.07, 6.45) is 4.93. The molecule has 0 heterocycles. The molecular formula is C16H23NO2. The van der Waals surface area contributed by atoms with Crippen LogP contribution in [0.3, 0.4) is 0 Å². The van der Waals surface area contributed by atoms with E-state index in [1.807, 2.05) is 38.1 Å². The van der Waals surface area contributed by atoms with Crippen LogP contribution >= 0.6 is 0 Å². The van der Waals surface area contributed by atoms with Crippen molar-refractivity contribution in [2.45, 2.75) is 58.3 Å². The summed E-state index contributed by atoms with van der Waals surface area (Å²) >= 11 is 0. The van der Waals surface area contributed by atoms with Gasteiger partial charge in [-0.05, 0) is 44.4 Å². The van der Waals surface area contributed by atoms with Crippen LogP contribution in [0.25, 0.3) is 0 Å². The lowest BCUT2D eigenvalue weighted by Crippen LogP contribution is -2.32. The molecule has 1 aromatic carbocycles. The molecule has 0 unspecified atom stereocenters. The van der Waals surface area contributed by atoms with Gasteiger partial charge in [0.2, 0.25) is 0 Å². The number of carbonyl (C=O) groups excluding carboxylic acids is 1. The Hall–Kier alpha value is -1.35. The van der Waals surface area contributed by atoms with Crippen LogP contribution < -0.4 is 5.32 Å². The van der Waals surface area contributed by atoms with Gasteiger partial charge in [-0.25, -0.2) is 0 Å². The lowest BCUT2D eigenvalue weighted by Gasteiger charge is -2.12. The molecule has 19 heavy (non-hydrogen) atoms. The molecule has 1 amide bonds. The summed E-state index contributed by atoms with van der Waals surface area (Å²) in [5, 5.41) is 3.09. The third-order valence-electron chi connectivity index (χ3n) is 3.49. The number of carbonyl (C=O) groups is 1. The van der Waals surface area contributed by atoms with Gasteiger partial charge < -0.3 is 10.1 Å². The van der Waals surface area contributed by atoms with Crippen molar-refractivity contribution in [2.24, 2.45) is 0 Å². The first-order valence-corrected chi connectivity index (χ1v) is 7.16. The minimum Gasteiger partial charge on any atom is -0.374 e. The van der Waals surface area contributed by atoms with Gasteiger partial charge in [0.05, 0.1) is 12.7 Å². The highest BCUT2D eigenvalue weighted by Gasteiger charge is 2.17. The molecule has 0 radical (unpaired) electrons. The third-order valence-corrected chi connectivity index (χ3v) is 3.49. The lowest BCUT2D eigenvalue weighted by atomic mass is 10.1. The van der Waals surface area contributed by atoms with Gasteiger partial charge in [0.25, 0.3) is 5.91 Å². The Bertz CT molecular complexity index is 405. The molecule has 104 valence electrons. The van der Waals surface area contributed by atoms with Crippen molar-refractivity contribution in [3.63, 3.8) is 0 Å². The maximum absolute atomic E-state index is 12.0. The SMILES string of the molecule is CC(C)OCc1ccc(C(=O)NC2CCCC2)cc1. The number of hydrogen-bond donors (Lipinski definition) is 1. The van der Waals surface area contributed by atoms with Gasteiger partial charge >= 0.3 is 0 Å². The van der Waals surface area contributed by atoms with Gasteiger partial charge in [0, 0.05) is 11.6 Å². The van der Waals surface area contributed by atoms with E-state index in [0.717, 1.165) is 24.0 Å². The smallest absolute Gasteiger partial charge is 0.251 e. The van der Waals surface area contributed by atoms with E-state index in [9.17, 15) is 4.79 Å². The fourth-order valence-electron chi connectivity index (χ4n) is 2.35. The molecule has 0 spiro atoms. The molecule has 0 aliphatic heterocycles. The highest BCUT2D eigenvalue weighted by molar-refractivity contribution is 5.94. The Morgan fingerprint density at radius 1 is 1.26 bits per heavy atom. The Balaban J connectivity index is 1.88. The molecule has 1 aliphatic carbocycles. The lowest BCUT2D eigenvalue weighted by molar-refractivity contribution is 0.0656. The molecule has 2 rings (SSSR count). The zero-order valence-corrected chi connectivity index (χ0v) is 11.8. The van der Waals surface area contributed by atoms with Crippen molar-refractivity contribution in [2.75, 3.05) is 0 Å². The van der Waals surface area contributed by atoms with Gasteiger partial charge in [-0.2, -0.15) is 0 Å². The van der Waals surface area contributed by atoms with Gasteiger partial charge in [0.15, 0.2) is 0 Å². The van der Waals surface area contributed by atoms with E-state index >= 15 is 0 Å². The summed E-state index contributed by atoms with van der Waals surface area (Å²) in [5.41, 5.74) is 1.84. The molecule has 0 atom stereocenters. The minimum absolute atomic E-state index is 0.0447. The molecule has 3 nitrogen and oxygen atoms in total. The second-order valence-corrected chi connectivity index (χ2v) is 5.51. The maximum atomic E-state index is 12.0. The molecule has 0 aromatic heterocycles. The largest absolute Gasteiger partial charge is 0.374 e. The molecule has 1 saturated carbocycles. The molecule has 1 fully saturated rings. The van der Waals surface area contributed by atoms with E-state index in [0.29, 0.717) is 12.6 Å². The number of benzene rings is 1. The highest BCUT2D eigenvalue weighted by atomic mass is 16.5. The number of amides is 1. The van der Waals surface area contributed by atoms with Crippen molar-refractivity contribution >= 4 is 5.91 Å². The molecular weight excluding hydrogens is 238 g/mol. The van der Waals surface area contributed by atoms with Crippen molar-refractivity contribution in [3.8, 4) is 0 Å². The molecule has 1 aromatic rings. The van der Waals surface area contributed by atoms with E-state index in [4.69, 9.17) is 4.74 Å². The average molecular weight is 261 g/mol. The highest BCUT2D eigenvalue weighted by Crippen LogP contribution is 2.18. The standard InChI is InChI=1S/C16H23NO2/c1-12(2)19-11-13-7-9-14(10-8-13)16(18)17-15-5-3-4-6-15/h7-10,12,15H,3-6,11H2,1-2H3,(H,17,18). The Labute approximate surface area is 115 Å². The Kier molecular flexibility index (Phi) is 4.97. The van der Waals surface area contributed by atoms with Crippen molar-refractivity contribution in [1.82, 2.24) is 5.32 Å². The predicted octanol–water partition coefficient (Wildman–Crippen LogP) is 3.28. The average Bonchev–Trinajstić information content (AvgIpc) is 2.89. The summed E-state index contributed by atoms with van der Waals surface area (Å²) < 4.78 is 5.54. The van der Waals surface area contributed by atoms with E-state index < -0.39 is 0 Å². The normalized spacial score (nSPS) is 15.9. The summed E-state index contributed by atoms with van der Waals surface area (Å²) in [6, 6.07) is 8.06. The summed E-state index contributed by atoms with van der Waals surface area (Å²) in [5.74, 6) is 0.0447. The first-order valence-electron chi connectivity index (χ1n) is 7.16.